The molecule has 0 aliphatic rings. The zero-order chi connectivity index (χ0) is 24.7. The summed E-state index contributed by atoms with van der Waals surface area (Å²) < 4.78 is 38.6. The Morgan fingerprint density at radius 1 is 0.853 bits per heavy atom. The van der Waals surface area contributed by atoms with Gasteiger partial charge in [0.05, 0.1) is 24.8 Å². The van der Waals surface area contributed by atoms with Gasteiger partial charge in [-0.1, -0.05) is 24.3 Å². The second-order valence-corrected chi connectivity index (χ2v) is 9.03. The van der Waals surface area contributed by atoms with Gasteiger partial charge >= 0.3 is 0 Å². The molecule has 0 spiro atoms. The summed E-state index contributed by atoms with van der Waals surface area (Å²) in [7, 11) is -1.24. The Labute approximate surface area is 198 Å². The van der Waals surface area contributed by atoms with Crippen LogP contribution in [-0.4, -0.2) is 41.0 Å². The zero-order valence-corrected chi connectivity index (χ0v) is 19.8. The number of rotatable bonds is 9. The summed E-state index contributed by atoms with van der Waals surface area (Å²) >= 11 is 0. The quantitative estimate of drug-likeness (QED) is 0.482. The molecular formula is C24H25N3O6S. The molecule has 10 heteroatoms. The van der Waals surface area contributed by atoms with Crippen molar-refractivity contribution in [3.63, 3.8) is 0 Å². The predicted octanol–water partition coefficient (Wildman–Crippen LogP) is 3.50. The molecule has 0 aliphatic carbocycles. The maximum Gasteiger partial charge on any atom is 0.264 e. The molecule has 0 saturated carbocycles. The number of hydrogen-bond donors (Lipinski definition) is 2. The average Bonchev–Trinajstić information content (AvgIpc) is 2.82. The highest BCUT2D eigenvalue weighted by molar-refractivity contribution is 7.92. The minimum absolute atomic E-state index is 0.0216. The van der Waals surface area contributed by atoms with E-state index in [1.165, 1.54) is 45.4 Å². The van der Waals surface area contributed by atoms with Gasteiger partial charge < -0.3 is 20.1 Å². The molecule has 0 bridgehead atoms. The number of sulfonamides is 1. The van der Waals surface area contributed by atoms with Crippen LogP contribution in [0.25, 0.3) is 0 Å². The van der Waals surface area contributed by atoms with E-state index in [1.807, 2.05) is 0 Å². The molecule has 3 aromatic carbocycles. The van der Waals surface area contributed by atoms with E-state index in [0.717, 1.165) is 4.31 Å². The molecule has 0 saturated heterocycles. The number of anilines is 3. The van der Waals surface area contributed by atoms with Crippen LogP contribution in [-0.2, 0) is 19.6 Å². The van der Waals surface area contributed by atoms with Crippen molar-refractivity contribution in [2.45, 2.75) is 11.8 Å². The van der Waals surface area contributed by atoms with Crippen molar-refractivity contribution in [2.24, 2.45) is 0 Å². The number of nitrogens with zero attached hydrogens (tertiary/aromatic N) is 1. The molecule has 0 unspecified atom stereocenters. The normalized spacial score (nSPS) is 10.8. The number of methoxy groups -OCH3 is 2. The van der Waals surface area contributed by atoms with Gasteiger partial charge in [-0.15, -0.1) is 0 Å². The third-order valence-electron chi connectivity index (χ3n) is 4.74. The first-order valence-corrected chi connectivity index (χ1v) is 11.7. The Hall–Kier alpha value is -4.05. The summed E-state index contributed by atoms with van der Waals surface area (Å²) in [5.74, 6) is -0.149. The van der Waals surface area contributed by atoms with E-state index in [-0.39, 0.29) is 22.2 Å². The number of ether oxygens (including phenoxy) is 2. The van der Waals surface area contributed by atoms with Crippen LogP contribution in [0.5, 0.6) is 11.5 Å². The van der Waals surface area contributed by atoms with E-state index >= 15 is 0 Å². The third-order valence-corrected chi connectivity index (χ3v) is 6.51. The average molecular weight is 484 g/mol. The minimum atomic E-state index is -4.12. The topological polar surface area (TPSA) is 114 Å². The molecule has 0 fully saturated rings. The predicted molar refractivity (Wildman–Crippen MR) is 130 cm³/mol. The molecule has 9 nitrogen and oxygen atoms in total. The number of benzene rings is 3. The fraction of sp³-hybridized carbons (Fsp3) is 0.167. The SMILES string of the molecule is COc1ccc(N(CC(=O)Nc2cccc(NC(C)=O)c2)S(=O)(=O)c2ccccc2)c(OC)c1. The first-order chi connectivity index (χ1) is 16.2. The van der Waals surface area contributed by atoms with Crippen molar-refractivity contribution < 1.29 is 27.5 Å². The van der Waals surface area contributed by atoms with Crippen LogP contribution in [0.1, 0.15) is 6.92 Å². The van der Waals surface area contributed by atoms with Crippen molar-refractivity contribution in [3.8, 4) is 11.5 Å². The summed E-state index contributed by atoms with van der Waals surface area (Å²) in [6.45, 7) is 0.851. The Kier molecular flexibility index (Phi) is 7.75. The fourth-order valence-electron chi connectivity index (χ4n) is 3.22. The molecule has 0 radical (unpaired) electrons. The highest BCUT2D eigenvalue weighted by Crippen LogP contribution is 2.35. The lowest BCUT2D eigenvalue weighted by Crippen LogP contribution is -2.38. The summed E-state index contributed by atoms with van der Waals surface area (Å²) in [5.41, 5.74) is 1.07. The summed E-state index contributed by atoms with van der Waals surface area (Å²) in [5, 5.41) is 5.31. The largest absolute Gasteiger partial charge is 0.497 e. The fourth-order valence-corrected chi connectivity index (χ4v) is 4.67. The molecule has 0 atom stereocenters. The number of hydrogen-bond acceptors (Lipinski definition) is 6. The van der Waals surface area contributed by atoms with Crippen molar-refractivity contribution >= 4 is 38.9 Å². The van der Waals surface area contributed by atoms with E-state index in [1.54, 1.807) is 48.5 Å². The van der Waals surface area contributed by atoms with Crippen molar-refractivity contribution in [3.05, 3.63) is 72.8 Å². The van der Waals surface area contributed by atoms with E-state index in [4.69, 9.17) is 9.47 Å². The lowest BCUT2D eigenvalue weighted by atomic mass is 10.2. The van der Waals surface area contributed by atoms with Gasteiger partial charge in [-0.25, -0.2) is 8.42 Å². The number of nitrogens with one attached hydrogen (secondary N) is 2. The smallest absolute Gasteiger partial charge is 0.264 e. The van der Waals surface area contributed by atoms with Gasteiger partial charge in [-0.3, -0.25) is 13.9 Å². The first-order valence-electron chi connectivity index (χ1n) is 10.2. The van der Waals surface area contributed by atoms with E-state index in [2.05, 4.69) is 10.6 Å². The second-order valence-electron chi connectivity index (χ2n) is 7.17. The Bertz CT molecular complexity index is 1280. The zero-order valence-electron chi connectivity index (χ0n) is 18.9. The van der Waals surface area contributed by atoms with E-state index in [9.17, 15) is 18.0 Å². The Morgan fingerprint density at radius 2 is 1.53 bits per heavy atom. The van der Waals surface area contributed by atoms with Crippen LogP contribution >= 0.6 is 0 Å². The Morgan fingerprint density at radius 3 is 2.15 bits per heavy atom. The third kappa shape index (κ3) is 5.84. The molecule has 2 amide bonds. The summed E-state index contributed by atoms with van der Waals surface area (Å²) in [6.07, 6.45) is 0. The van der Waals surface area contributed by atoms with Crippen LogP contribution in [0.3, 0.4) is 0 Å². The van der Waals surface area contributed by atoms with Crippen LogP contribution in [0, 0.1) is 0 Å². The van der Waals surface area contributed by atoms with Crippen molar-refractivity contribution in [1.82, 2.24) is 0 Å². The van der Waals surface area contributed by atoms with Crippen molar-refractivity contribution in [1.29, 1.82) is 0 Å². The molecular weight excluding hydrogens is 458 g/mol. The van der Waals surface area contributed by atoms with Crippen LogP contribution in [0.15, 0.2) is 77.7 Å². The van der Waals surface area contributed by atoms with Crippen LogP contribution < -0.4 is 24.4 Å². The minimum Gasteiger partial charge on any atom is -0.497 e. The van der Waals surface area contributed by atoms with Gasteiger partial charge in [0.25, 0.3) is 10.0 Å². The second kappa shape index (κ2) is 10.7. The summed E-state index contributed by atoms with van der Waals surface area (Å²) in [4.78, 5) is 24.3. The lowest BCUT2D eigenvalue weighted by molar-refractivity contribution is -0.115. The molecule has 3 rings (SSSR count). The van der Waals surface area contributed by atoms with Gasteiger partial charge in [0.1, 0.15) is 18.0 Å². The molecule has 0 aromatic heterocycles. The molecule has 3 aromatic rings. The molecule has 0 heterocycles. The lowest BCUT2D eigenvalue weighted by Gasteiger charge is -2.26. The van der Waals surface area contributed by atoms with Gasteiger partial charge in [-0.2, -0.15) is 0 Å². The highest BCUT2D eigenvalue weighted by atomic mass is 32.2. The van der Waals surface area contributed by atoms with E-state index < -0.39 is 22.5 Å². The van der Waals surface area contributed by atoms with Gasteiger partial charge in [-0.05, 0) is 42.5 Å². The summed E-state index contributed by atoms with van der Waals surface area (Å²) in [6, 6.07) is 19.0. The number of carbonyl (C=O) groups excluding carboxylic acids is 2. The molecule has 178 valence electrons. The molecule has 0 aliphatic heterocycles. The number of amides is 2. The van der Waals surface area contributed by atoms with Gasteiger partial charge in [0.15, 0.2) is 0 Å². The molecule has 2 N–H and O–H groups in total. The van der Waals surface area contributed by atoms with Crippen molar-refractivity contribution in [2.75, 3.05) is 35.7 Å². The standard InChI is InChI=1S/C24H25N3O6S/c1-17(28)25-18-8-7-9-19(14-18)26-24(29)16-27(34(30,31)21-10-5-4-6-11-21)22-13-12-20(32-2)15-23(22)33-3/h4-15H,16H2,1-3H3,(H,25,28)(H,26,29). The maximum atomic E-state index is 13.5. The van der Waals surface area contributed by atoms with E-state index in [0.29, 0.717) is 17.1 Å². The molecule has 34 heavy (non-hydrogen) atoms. The maximum absolute atomic E-state index is 13.5. The van der Waals surface area contributed by atoms with Gasteiger partial charge in [0.2, 0.25) is 11.8 Å². The first kappa shape index (κ1) is 24.6. The highest BCUT2D eigenvalue weighted by Gasteiger charge is 2.29. The Balaban J connectivity index is 1.97. The van der Waals surface area contributed by atoms with Gasteiger partial charge in [0, 0.05) is 24.4 Å². The van der Waals surface area contributed by atoms with Crippen LogP contribution in [0.2, 0.25) is 0 Å². The number of carbonyl (C=O) groups is 2. The monoisotopic (exact) mass is 483 g/mol. The van der Waals surface area contributed by atoms with Crippen LogP contribution in [0.4, 0.5) is 17.1 Å².